The number of carbonyl (C=O) groups is 1. The van der Waals surface area contributed by atoms with Crippen molar-refractivity contribution in [2.75, 3.05) is 39.1 Å². The largest absolute Gasteiger partial charge is 0.371 e. The summed E-state index contributed by atoms with van der Waals surface area (Å²) in [5, 5.41) is 6.10. The number of Topliss-reactive ketones (excluding diaryl/α,β-unsaturated/α-hetero) is 1. The highest BCUT2D eigenvalue weighted by Crippen LogP contribution is 2.36. The zero-order chi connectivity index (χ0) is 21.6. The van der Waals surface area contributed by atoms with Crippen LogP contribution < -0.4 is 5.32 Å². The van der Waals surface area contributed by atoms with Gasteiger partial charge in [-0.25, -0.2) is 4.98 Å². The van der Waals surface area contributed by atoms with Gasteiger partial charge in [0.15, 0.2) is 10.9 Å². The Balaban J connectivity index is 1.50. The lowest BCUT2D eigenvalue weighted by atomic mass is 9.99. The SMILES string of the molecule is CN(C)CCNc1nc(-c2nccc3c2N=C(COCc2ccccc2)CC3=O)cs1. The van der Waals surface area contributed by atoms with Crippen LogP contribution in [0.4, 0.5) is 10.8 Å². The molecule has 0 saturated heterocycles. The predicted molar refractivity (Wildman–Crippen MR) is 125 cm³/mol. The van der Waals surface area contributed by atoms with Crippen LogP contribution in [0.5, 0.6) is 0 Å². The van der Waals surface area contributed by atoms with Crippen LogP contribution in [0.2, 0.25) is 0 Å². The van der Waals surface area contributed by atoms with Gasteiger partial charge in [-0.1, -0.05) is 30.3 Å². The van der Waals surface area contributed by atoms with E-state index in [4.69, 9.17) is 9.73 Å². The van der Waals surface area contributed by atoms with Gasteiger partial charge in [0.1, 0.15) is 17.1 Å². The molecule has 0 atom stereocenters. The lowest BCUT2D eigenvalue weighted by Crippen LogP contribution is -2.20. The van der Waals surface area contributed by atoms with Gasteiger partial charge in [-0.2, -0.15) is 0 Å². The van der Waals surface area contributed by atoms with Crippen molar-refractivity contribution in [1.82, 2.24) is 14.9 Å². The minimum absolute atomic E-state index is 0.0338. The third-order valence-electron chi connectivity index (χ3n) is 4.82. The molecule has 0 saturated carbocycles. The maximum absolute atomic E-state index is 12.7. The molecular weight excluding hydrogens is 410 g/mol. The van der Waals surface area contributed by atoms with E-state index in [0.29, 0.717) is 35.9 Å². The number of anilines is 1. The Hall–Kier alpha value is -2.94. The third-order valence-corrected chi connectivity index (χ3v) is 5.62. The Morgan fingerprint density at radius 3 is 2.81 bits per heavy atom. The molecule has 0 radical (unpaired) electrons. The second kappa shape index (κ2) is 9.91. The lowest BCUT2D eigenvalue weighted by molar-refractivity contribution is 0.0993. The average molecular weight is 436 g/mol. The van der Waals surface area contributed by atoms with Crippen molar-refractivity contribution in [3.8, 4) is 11.4 Å². The highest BCUT2D eigenvalue weighted by Gasteiger charge is 2.24. The van der Waals surface area contributed by atoms with Gasteiger partial charge < -0.3 is 15.0 Å². The fourth-order valence-electron chi connectivity index (χ4n) is 3.25. The highest BCUT2D eigenvalue weighted by molar-refractivity contribution is 7.14. The average Bonchev–Trinajstić information content (AvgIpc) is 3.23. The molecule has 4 rings (SSSR count). The summed E-state index contributed by atoms with van der Waals surface area (Å²) >= 11 is 1.52. The van der Waals surface area contributed by atoms with Crippen LogP contribution in [0.3, 0.4) is 0 Å². The number of ether oxygens (including phenoxy) is 1. The van der Waals surface area contributed by atoms with E-state index in [2.05, 4.69) is 20.2 Å². The molecule has 0 aliphatic carbocycles. The number of ketones is 1. The van der Waals surface area contributed by atoms with E-state index in [-0.39, 0.29) is 12.2 Å². The van der Waals surface area contributed by atoms with E-state index < -0.39 is 0 Å². The Morgan fingerprint density at radius 1 is 1.16 bits per heavy atom. The molecule has 8 heteroatoms. The van der Waals surface area contributed by atoms with E-state index in [1.165, 1.54) is 11.3 Å². The van der Waals surface area contributed by atoms with Crippen molar-refractivity contribution >= 4 is 33.7 Å². The summed E-state index contributed by atoms with van der Waals surface area (Å²) in [5.74, 6) is 0.0338. The van der Waals surface area contributed by atoms with Crippen LogP contribution in [0.1, 0.15) is 22.3 Å². The van der Waals surface area contributed by atoms with E-state index in [1.807, 2.05) is 49.8 Å². The van der Waals surface area contributed by atoms with Crippen molar-refractivity contribution in [2.45, 2.75) is 13.0 Å². The van der Waals surface area contributed by atoms with Gasteiger partial charge in [0.05, 0.1) is 25.3 Å². The Morgan fingerprint density at radius 2 is 2.00 bits per heavy atom. The predicted octanol–water partition coefficient (Wildman–Crippen LogP) is 4.05. The van der Waals surface area contributed by atoms with Crippen LogP contribution in [0, 0.1) is 0 Å². The van der Waals surface area contributed by atoms with Gasteiger partial charge in [-0.05, 0) is 25.7 Å². The minimum atomic E-state index is 0.0338. The zero-order valence-corrected chi connectivity index (χ0v) is 18.5. The molecular formula is C23H25N5O2S. The number of aromatic nitrogens is 2. The van der Waals surface area contributed by atoms with Crippen LogP contribution in [-0.2, 0) is 11.3 Å². The molecule has 2 aromatic heterocycles. The van der Waals surface area contributed by atoms with Gasteiger partial charge in [-0.3, -0.25) is 14.8 Å². The molecule has 160 valence electrons. The Kier molecular flexibility index (Phi) is 6.81. The maximum atomic E-state index is 12.7. The van der Waals surface area contributed by atoms with E-state index in [0.717, 1.165) is 29.5 Å². The summed E-state index contributed by atoms with van der Waals surface area (Å²) in [7, 11) is 4.07. The second-order valence-corrected chi connectivity index (χ2v) is 8.44. The number of nitrogens with zero attached hydrogens (tertiary/aromatic N) is 4. The molecule has 1 aliphatic heterocycles. The number of nitrogens with one attached hydrogen (secondary N) is 1. The maximum Gasteiger partial charge on any atom is 0.183 e. The normalized spacial score (nSPS) is 13.3. The van der Waals surface area contributed by atoms with Crippen LogP contribution in [0.15, 0.2) is 53.0 Å². The van der Waals surface area contributed by atoms with Crippen molar-refractivity contribution in [3.63, 3.8) is 0 Å². The van der Waals surface area contributed by atoms with Crippen molar-refractivity contribution in [2.24, 2.45) is 4.99 Å². The first-order chi connectivity index (χ1) is 15.1. The number of hydrogen-bond donors (Lipinski definition) is 1. The first kappa shape index (κ1) is 21.3. The number of carbonyl (C=O) groups excluding carboxylic acids is 1. The summed E-state index contributed by atoms with van der Waals surface area (Å²) in [6.07, 6.45) is 1.91. The topological polar surface area (TPSA) is 79.7 Å². The van der Waals surface area contributed by atoms with Gasteiger partial charge in [0.2, 0.25) is 0 Å². The molecule has 0 bridgehead atoms. The molecule has 1 N–H and O–H groups in total. The number of benzene rings is 1. The number of thiazole rings is 1. The monoisotopic (exact) mass is 435 g/mol. The molecule has 1 aliphatic rings. The molecule has 0 spiro atoms. The van der Waals surface area contributed by atoms with Gasteiger partial charge >= 0.3 is 0 Å². The standard InChI is InChI=1S/C23H25N5O2S/c1-28(2)11-10-25-23-27-19(15-31-23)22-21-18(8-9-24-22)20(29)12-17(26-21)14-30-13-16-6-4-3-5-7-16/h3-9,15H,10-14H2,1-2H3,(H,25,27). The molecule has 0 unspecified atom stereocenters. The highest BCUT2D eigenvalue weighted by atomic mass is 32.1. The summed E-state index contributed by atoms with van der Waals surface area (Å²) in [5.41, 5.74) is 4.32. The van der Waals surface area contributed by atoms with Gasteiger partial charge in [0.25, 0.3) is 0 Å². The number of pyridine rings is 1. The number of likely N-dealkylation sites (N-methyl/N-ethyl adjacent to an activating group) is 1. The molecule has 1 aromatic carbocycles. The lowest BCUT2D eigenvalue weighted by Gasteiger charge is -2.16. The minimum Gasteiger partial charge on any atom is -0.371 e. The van der Waals surface area contributed by atoms with Crippen molar-refractivity contribution in [3.05, 3.63) is 59.1 Å². The third kappa shape index (κ3) is 5.41. The molecule has 0 amide bonds. The molecule has 31 heavy (non-hydrogen) atoms. The van der Waals surface area contributed by atoms with Gasteiger partial charge in [-0.15, -0.1) is 11.3 Å². The van der Waals surface area contributed by atoms with Gasteiger partial charge in [0, 0.05) is 30.2 Å². The molecule has 0 fully saturated rings. The van der Waals surface area contributed by atoms with E-state index in [9.17, 15) is 4.79 Å². The van der Waals surface area contributed by atoms with Crippen molar-refractivity contribution in [1.29, 1.82) is 0 Å². The summed E-state index contributed by atoms with van der Waals surface area (Å²) in [6, 6.07) is 11.7. The van der Waals surface area contributed by atoms with Crippen molar-refractivity contribution < 1.29 is 9.53 Å². The van der Waals surface area contributed by atoms with E-state index >= 15 is 0 Å². The fraction of sp³-hybridized carbons (Fsp3) is 0.304. The first-order valence-electron chi connectivity index (χ1n) is 10.1. The number of hydrogen-bond acceptors (Lipinski definition) is 8. The van der Waals surface area contributed by atoms with Crippen LogP contribution >= 0.6 is 11.3 Å². The van der Waals surface area contributed by atoms with E-state index in [1.54, 1.807) is 12.3 Å². The number of fused-ring (bicyclic) bond motifs is 1. The molecule has 7 nitrogen and oxygen atoms in total. The summed E-state index contributed by atoms with van der Waals surface area (Å²) < 4.78 is 5.80. The molecule has 3 aromatic rings. The number of rotatable bonds is 9. The number of aliphatic imine (C=N–C) groups is 1. The molecule has 3 heterocycles. The quantitative estimate of drug-likeness (QED) is 0.546. The second-order valence-electron chi connectivity index (χ2n) is 7.58. The summed E-state index contributed by atoms with van der Waals surface area (Å²) in [6.45, 7) is 2.51. The summed E-state index contributed by atoms with van der Waals surface area (Å²) in [4.78, 5) is 28.7. The smallest absolute Gasteiger partial charge is 0.183 e. The van der Waals surface area contributed by atoms with Crippen LogP contribution in [-0.4, -0.2) is 60.2 Å². The van der Waals surface area contributed by atoms with Crippen LogP contribution in [0.25, 0.3) is 11.4 Å². The Labute approximate surface area is 185 Å². The Bertz CT molecular complexity index is 1080. The fourth-order valence-corrected chi connectivity index (χ4v) is 3.98. The zero-order valence-electron chi connectivity index (χ0n) is 17.7. The first-order valence-corrected chi connectivity index (χ1v) is 11.0.